The first kappa shape index (κ1) is 21.6. The summed E-state index contributed by atoms with van der Waals surface area (Å²) in [6, 6.07) is 24.9. The Morgan fingerprint density at radius 1 is 1.03 bits per heavy atom. The average Bonchev–Trinajstić information content (AvgIpc) is 2.78. The molecule has 0 aliphatic heterocycles. The van der Waals surface area contributed by atoms with Crippen molar-refractivity contribution < 1.29 is 9.53 Å². The van der Waals surface area contributed by atoms with E-state index in [1.165, 1.54) is 0 Å². The zero-order chi connectivity index (χ0) is 21.2. The molecule has 1 amide bonds. The summed E-state index contributed by atoms with van der Waals surface area (Å²) in [5.74, 6) is 0.513. The minimum atomic E-state index is -0.382. The molecule has 30 heavy (non-hydrogen) atoms. The van der Waals surface area contributed by atoms with Gasteiger partial charge in [-0.2, -0.15) is 5.10 Å². The Labute approximate surface area is 185 Å². The van der Waals surface area contributed by atoms with Crippen LogP contribution in [0.1, 0.15) is 24.5 Å². The van der Waals surface area contributed by atoms with Gasteiger partial charge in [0.1, 0.15) is 18.4 Å². The van der Waals surface area contributed by atoms with E-state index in [9.17, 15) is 4.79 Å². The molecule has 0 unspecified atom stereocenters. The number of benzene rings is 3. The van der Waals surface area contributed by atoms with E-state index < -0.39 is 0 Å². The zero-order valence-electron chi connectivity index (χ0n) is 16.7. The topological polar surface area (TPSA) is 62.7 Å². The van der Waals surface area contributed by atoms with Crippen molar-refractivity contribution in [1.29, 1.82) is 0 Å². The maximum absolute atomic E-state index is 12.5. The molecule has 3 aromatic carbocycles. The number of carbonyl (C=O) groups is 1. The van der Waals surface area contributed by atoms with Crippen molar-refractivity contribution in [2.24, 2.45) is 5.10 Å². The average molecular weight is 466 g/mol. The Kier molecular flexibility index (Phi) is 8.03. The summed E-state index contributed by atoms with van der Waals surface area (Å²) in [6.45, 7) is 2.42. The standard InChI is InChI=1S/C24H24BrN3O2/c1-2-22(27-21-14-12-20(25)13-15-21)24(29)28-26-16-19-10-6-7-11-23(19)30-17-18-8-4-3-5-9-18/h3-16,22,27H,2,17H2,1H3,(H,28,29)/b26-16-/t22-/m1/s1. The third-order valence-electron chi connectivity index (χ3n) is 4.44. The molecule has 0 aromatic heterocycles. The second-order valence-electron chi connectivity index (χ2n) is 6.66. The van der Waals surface area contributed by atoms with Gasteiger partial charge >= 0.3 is 0 Å². The summed E-state index contributed by atoms with van der Waals surface area (Å²) in [5, 5.41) is 7.35. The van der Waals surface area contributed by atoms with Crippen LogP contribution in [0.3, 0.4) is 0 Å². The molecule has 0 heterocycles. The molecule has 154 valence electrons. The maximum Gasteiger partial charge on any atom is 0.262 e. The van der Waals surface area contributed by atoms with Crippen molar-refractivity contribution in [3.8, 4) is 5.75 Å². The van der Waals surface area contributed by atoms with Gasteiger partial charge in [0.25, 0.3) is 5.91 Å². The van der Waals surface area contributed by atoms with Crippen molar-refractivity contribution >= 4 is 33.7 Å². The third kappa shape index (κ3) is 6.46. The Hall–Kier alpha value is -3.12. The molecule has 1 atom stereocenters. The molecule has 0 aliphatic rings. The largest absolute Gasteiger partial charge is 0.488 e. The van der Waals surface area contributed by atoms with Crippen LogP contribution >= 0.6 is 15.9 Å². The maximum atomic E-state index is 12.5. The third-order valence-corrected chi connectivity index (χ3v) is 4.97. The summed E-state index contributed by atoms with van der Waals surface area (Å²) in [5.41, 5.74) is 5.38. The number of amides is 1. The second-order valence-corrected chi connectivity index (χ2v) is 7.57. The van der Waals surface area contributed by atoms with E-state index in [-0.39, 0.29) is 11.9 Å². The van der Waals surface area contributed by atoms with Gasteiger partial charge in [-0.1, -0.05) is 65.3 Å². The van der Waals surface area contributed by atoms with Crippen LogP contribution in [0.15, 0.2) is 88.4 Å². The first-order valence-electron chi connectivity index (χ1n) is 9.76. The van der Waals surface area contributed by atoms with Crippen LogP contribution in [0.4, 0.5) is 5.69 Å². The lowest BCUT2D eigenvalue weighted by molar-refractivity contribution is -0.121. The fourth-order valence-corrected chi connectivity index (χ4v) is 3.06. The highest BCUT2D eigenvalue weighted by atomic mass is 79.9. The molecule has 0 bridgehead atoms. The van der Waals surface area contributed by atoms with Crippen molar-refractivity contribution in [2.45, 2.75) is 26.0 Å². The SMILES string of the molecule is CC[C@@H](Nc1ccc(Br)cc1)C(=O)N/N=C\c1ccccc1OCc1ccccc1. The smallest absolute Gasteiger partial charge is 0.262 e. The van der Waals surface area contributed by atoms with E-state index in [2.05, 4.69) is 31.8 Å². The fraction of sp³-hybridized carbons (Fsp3) is 0.167. The minimum Gasteiger partial charge on any atom is -0.488 e. The first-order valence-corrected chi connectivity index (χ1v) is 10.6. The molecule has 0 radical (unpaired) electrons. The molecule has 3 aromatic rings. The van der Waals surface area contributed by atoms with Crippen molar-refractivity contribution in [3.63, 3.8) is 0 Å². The lowest BCUT2D eigenvalue weighted by Crippen LogP contribution is -2.36. The predicted octanol–water partition coefficient (Wildman–Crippen LogP) is 5.37. The van der Waals surface area contributed by atoms with Crippen molar-refractivity contribution in [3.05, 3.63) is 94.5 Å². The molecule has 2 N–H and O–H groups in total. The molecule has 0 saturated carbocycles. The summed E-state index contributed by atoms with van der Waals surface area (Å²) < 4.78 is 6.91. The molecule has 6 heteroatoms. The first-order chi connectivity index (χ1) is 14.7. The summed E-state index contributed by atoms with van der Waals surface area (Å²) in [7, 11) is 0. The van der Waals surface area contributed by atoms with E-state index in [0.717, 1.165) is 21.3 Å². The highest BCUT2D eigenvalue weighted by Gasteiger charge is 2.15. The lowest BCUT2D eigenvalue weighted by atomic mass is 10.2. The Morgan fingerprint density at radius 3 is 2.47 bits per heavy atom. The zero-order valence-corrected chi connectivity index (χ0v) is 18.3. The molecule has 0 saturated heterocycles. The van der Waals surface area contributed by atoms with Gasteiger partial charge in [-0.25, -0.2) is 5.43 Å². The minimum absolute atomic E-state index is 0.195. The quantitative estimate of drug-likeness (QED) is 0.329. The molecule has 5 nitrogen and oxygen atoms in total. The molecule has 0 aliphatic carbocycles. The van der Waals surface area contributed by atoms with Crippen molar-refractivity contribution in [2.75, 3.05) is 5.32 Å². The van der Waals surface area contributed by atoms with Crippen LogP contribution in [-0.2, 0) is 11.4 Å². The Bertz CT molecular complexity index is 975. The highest BCUT2D eigenvalue weighted by molar-refractivity contribution is 9.10. The lowest BCUT2D eigenvalue weighted by Gasteiger charge is -2.16. The summed E-state index contributed by atoms with van der Waals surface area (Å²) >= 11 is 3.41. The van der Waals surface area contributed by atoms with E-state index in [4.69, 9.17) is 4.74 Å². The number of nitrogens with one attached hydrogen (secondary N) is 2. The number of halogens is 1. The molecule has 0 fully saturated rings. The number of carbonyl (C=O) groups excluding carboxylic acids is 1. The van der Waals surface area contributed by atoms with E-state index in [1.54, 1.807) is 6.21 Å². The monoisotopic (exact) mass is 465 g/mol. The van der Waals surface area contributed by atoms with Crippen LogP contribution in [0, 0.1) is 0 Å². The van der Waals surface area contributed by atoms with Gasteiger partial charge in [-0.3, -0.25) is 4.79 Å². The van der Waals surface area contributed by atoms with Crippen LogP contribution in [0.2, 0.25) is 0 Å². The normalized spacial score (nSPS) is 11.8. The number of anilines is 1. The molecule has 0 spiro atoms. The number of rotatable bonds is 9. The second kappa shape index (κ2) is 11.2. The van der Waals surface area contributed by atoms with Gasteiger partial charge in [0.05, 0.1) is 6.21 Å². The number of hydrogen-bond acceptors (Lipinski definition) is 4. The molecule has 3 rings (SSSR count). The van der Waals surface area contributed by atoms with Gasteiger partial charge < -0.3 is 10.1 Å². The van der Waals surface area contributed by atoms with E-state index in [1.807, 2.05) is 85.8 Å². The predicted molar refractivity (Wildman–Crippen MR) is 125 cm³/mol. The van der Waals surface area contributed by atoms with Crippen LogP contribution in [-0.4, -0.2) is 18.2 Å². The van der Waals surface area contributed by atoms with Gasteiger partial charge in [0.2, 0.25) is 0 Å². The van der Waals surface area contributed by atoms with Gasteiger partial charge in [0.15, 0.2) is 0 Å². The fourth-order valence-electron chi connectivity index (χ4n) is 2.80. The Morgan fingerprint density at radius 2 is 1.73 bits per heavy atom. The molecular formula is C24H24BrN3O2. The van der Waals surface area contributed by atoms with Gasteiger partial charge in [0, 0.05) is 15.7 Å². The van der Waals surface area contributed by atoms with Crippen molar-refractivity contribution in [1.82, 2.24) is 5.43 Å². The number of nitrogens with zero attached hydrogens (tertiary/aromatic N) is 1. The van der Waals surface area contributed by atoms with E-state index in [0.29, 0.717) is 18.8 Å². The number of ether oxygens (including phenoxy) is 1. The molecular weight excluding hydrogens is 442 g/mol. The Balaban J connectivity index is 1.58. The van der Waals surface area contributed by atoms with Crippen LogP contribution in [0.5, 0.6) is 5.75 Å². The highest BCUT2D eigenvalue weighted by Crippen LogP contribution is 2.18. The summed E-state index contributed by atoms with van der Waals surface area (Å²) in [4.78, 5) is 12.5. The number of hydrogen-bond donors (Lipinski definition) is 2. The van der Waals surface area contributed by atoms with Crippen LogP contribution in [0.25, 0.3) is 0 Å². The van der Waals surface area contributed by atoms with Crippen LogP contribution < -0.4 is 15.5 Å². The van der Waals surface area contributed by atoms with Gasteiger partial charge in [-0.15, -0.1) is 0 Å². The number of hydrazone groups is 1. The van der Waals surface area contributed by atoms with E-state index >= 15 is 0 Å². The summed E-state index contributed by atoms with van der Waals surface area (Å²) in [6.07, 6.45) is 2.23. The van der Waals surface area contributed by atoms with Gasteiger partial charge in [-0.05, 0) is 48.4 Å². The number of para-hydroxylation sites is 1.